The highest BCUT2D eigenvalue weighted by molar-refractivity contribution is 7.90. The lowest BCUT2D eigenvalue weighted by Crippen LogP contribution is -2.38. The van der Waals surface area contributed by atoms with Crippen LogP contribution in [-0.4, -0.2) is 42.8 Å². The largest absolute Gasteiger partial charge is 0.313 e. The van der Waals surface area contributed by atoms with Crippen molar-refractivity contribution < 1.29 is 8.42 Å². The first-order chi connectivity index (χ1) is 9.82. The van der Waals surface area contributed by atoms with Crippen molar-refractivity contribution in [1.29, 1.82) is 0 Å². The molecule has 0 saturated heterocycles. The maximum Gasteiger partial charge on any atom is 0.148 e. The van der Waals surface area contributed by atoms with Gasteiger partial charge in [0.1, 0.15) is 9.84 Å². The van der Waals surface area contributed by atoms with Crippen molar-refractivity contribution in [3.05, 3.63) is 16.4 Å². The zero-order chi connectivity index (χ0) is 16.0. The molecule has 1 heterocycles. The van der Waals surface area contributed by atoms with Gasteiger partial charge in [-0.15, -0.1) is 0 Å². The SMILES string of the molecule is CCCNC(Cc1c(Cl)c(CC)nn1CC)CS(C)(=O)=O. The van der Waals surface area contributed by atoms with Crippen molar-refractivity contribution in [2.75, 3.05) is 18.6 Å². The Balaban J connectivity index is 2.99. The number of rotatable bonds is 9. The van der Waals surface area contributed by atoms with Gasteiger partial charge in [-0.3, -0.25) is 4.68 Å². The Morgan fingerprint density at radius 2 is 2.00 bits per heavy atom. The van der Waals surface area contributed by atoms with Crippen LogP contribution in [0.15, 0.2) is 0 Å². The molecule has 0 aliphatic heterocycles. The predicted octanol–water partition coefficient (Wildman–Crippen LogP) is 2.07. The lowest BCUT2D eigenvalue weighted by atomic mass is 10.1. The smallest absolute Gasteiger partial charge is 0.148 e. The topological polar surface area (TPSA) is 64.0 Å². The molecule has 0 amide bonds. The summed E-state index contributed by atoms with van der Waals surface area (Å²) in [7, 11) is -3.04. The molecule has 5 nitrogen and oxygen atoms in total. The number of halogens is 1. The van der Waals surface area contributed by atoms with E-state index in [1.165, 1.54) is 6.26 Å². The van der Waals surface area contributed by atoms with Crippen molar-refractivity contribution in [2.45, 2.75) is 52.6 Å². The van der Waals surface area contributed by atoms with E-state index in [1.807, 2.05) is 18.5 Å². The molecule has 1 aromatic rings. The first kappa shape index (κ1) is 18.5. The first-order valence-corrected chi connectivity index (χ1v) is 9.91. The molecule has 1 aromatic heterocycles. The number of aromatic nitrogens is 2. The van der Waals surface area contributed by atoms with E-state index in [0.717, 1.165) is 37.3 Å². The lowest BCUT2D eigenvalue weighted by Gasteiger charge is -2.18. The predicted molar refractivity (Wildman–Crippen MR) is 87.8 cm³/mol. The fraction of sp³-hybridized carbons (Fsp3) is 0.786. The average molecular weight is 336 g/mol. The minimum absolute atomic E-state index is 0.111. The van der Waals surface area contributed by atoms with Gasteiger partial charge < -0.3 is 5.32 Å². The van der Waals surface area contributed by atoms with Crippen LogP contribution in [0.25, 0.3) is 0 Å². The van der Waals surface area contributed by atoms with Gasteiger partial charge in [0.2, 0.25) is 0 Å². The molecule has 0 bridgehead atoms. The summed E-state index contributed by atoms with van der Waals surface area (Å²) in [6.45, 7) is 7.61. The van der Waals surface area contributed by atoms with Gasteiger partial charge in [-0.05, 0) is 26.3 Å². The second kappa shape index (κ2) is 8.15. The number of sulfone groups is 1. The maximum atomic E-state index is 11.6. The summed E-state index contributed by atoms with van der Waals surface area (Å²) in [5.41, 5.74) is 1.80. The van der Waals surface area contributed by atoms with E-state index in [9.17, 15) is 8.42 Å². The standard InChI is InChI=1S/C14H26ClN3O2S/c1-5-8-16-11(10-21(4,19)20)9-13-14(15)12(6-2)17-18(13)7-3/h11,16H,5-10H2,1-4H3. The molecule has 0 spiro atoms. The summed E-state index contributed by atoms with van der Waals surface area (Å²) in [5, 5.41) is 8.46. The highest BCUT2D eigenvalue weighted by Crippen LogP contribution is 2.23. The van der Waals surface area contributed by atoms with Crippen molar-refractivity contribution >= 4 is 21.4 Å². The van der Waals surface area contributed by atoms with Gasteiger partial charge in [0.15, 0.2) is 0 Å². The molecule has 7 heteroatoms. The molecule has 21 heavy (non-hydrogen) atoms. The van der Waals surface area contributed by atoms with E-state index in [0.29, 0.717) is 11.4 Å². The third-order valence-corrected chi connectivity index (χ3v) is 4.76. The Kier molecular flexibility index (Phi) is 7.16. The monoisotopic (exact) mass is 335 g/mol. The first-order valence-electron chi connectivity index (χ1n) is 7.47. The Hall–Kier alpha value is -0.590. The molecular weight excluding hydrogens is 310 g/mol. The van der Waals surface area contributed by atoms with Crippen molar-refractivity contribution in [3.63, 3.8) is 0 Å². The van der Waals surface area contributed by atoms with Crippen LogP contribution in [0.1, 0.15) is 38.6 Å². The van der Waals surface area contributed by atoms with E-state index >= 15 is 0 Å². The van der Waals surface area contributed by atoms with E-state index in [-0.39, 0.29) is 11.8 Å². The quantitative estimate of drug-likeness (QED) is 0.750. The lowest BCUT2D eigenvalue weighted by molar-refractivity contribution is 0.507. The van der Waals surface area contributed by atoms with Crippen LogP contribution in [-0.2, 0) is 29.2 Å². The molecule has 0 aromatic carbocycles. The van der Waals surface area contributed by atoms with Crippen LogP contribution < -0.4 is 5.32 Å². The highest BCUT2D eigenvalue weighted by Gasteiger charge is 2.21. The van der Waals surface area contributed by atoms with Crippen LogP contribution in [0.2, 0.25) is 5.02 Å². The van der Waals surface area contributed by atoms with Crippen LogP contribution in [0.3, 0.4) is 0 Å². The van der Waals surface area contributed by atoms with Crippen LogP contribution in [0.5, 0.6) is 0 Å². The summed E-state index contributed by atoms with van der Waals surface area (Å²) < 4.78 is 25.1. The molecule has 1 rings (SSSR count). The summed E-state index contributed by atoms with van der Waals surface area (Å²) in [6.07, 6.45) is 3.58. The summed E-state index contributed by atoms with van der Waals surface area (Å²) in [4.78, 5) is 0. The summed E-state index contributed by atoms with van der Waals surface area (Å²) in [6, 6.07) is -0.135. The number of hydrogen-bond acceptors (Lipinski definition) is 4. The highest BCUT2D eigenvalue weighted by atomic mass is 35.5. The van der Waals surface area contributed by atoms with Crippen molar-refractivity contribution in [2.24, 2.45) is 0 Å². The molecule has 1 N–H and O–H groups in total. The molecule has 0 radical (unpaired) electrons. The Morgan fingerprint density at radius 1 is 1.33 bits per heavy atom. The Morgan fingerprint density at radius 3 is 2.48 bits per heavy atom. The van der Waals surface area contributed by atoms with Gasteiger partial charge in [-0.1, -0.05) is 25.4 Å². The fourth-order valence-corrected chi connectivity index (χ4v) is 3.66. The van der Waals surface area contributed by atoms with E-state index in [1.54, 1.807) is 0 Å². The van der Waals surface area contributed by atoms with Crippen molar-refractivity contribution in [3.8, 4) is 0 Å². The molecule has 0 aliphatic carbocycles. The number of nitrogens with one attached hydrogen (secondary N) is 1. The van der Waals surface area contributed by atoms with Crippen molar-refractivity contribution in [1.82, 2.24) is 15.1 Å². The number of hydrogen-bond donors (Lipinski definition) is 1. The maximum absolute atomic E-state index is 11.6. The molecule has 0 aliphatic rings. The number of nitrogens with zero attached hydrogens (tertiary/aromatic N) is 2. The zero-order valence-electron chi connectivity index (χ0n) is 13.3. The second-order valence-electron chi connectivity index (χ2n) is 5.32. The third-order valence-electron chi connectivity index (χ3n) is 3.32. The average Bonchev–Trinajstić information content (AvgIpc) is 2.71. The summed E-state index contributed by atoms with van der Waals surface area (Å²) in [5.74, 6) is 0.111. The molecular formula is C14H26ClN3O2S. The Bertz CT molecular complexity index is 555. The van der Waals surface area contributed by atoms with Gasteiger partial charge in [-0.25, -0.2) is 8.42 Å². The van der Waals surface area contributed by atoms with Crippen LogP contribution >= 0.6 is 11.6 Å². The molecule has 0 fully saturated rings. The van der Waals surface area contributed by atoms with Gasteiger partial charge in [0, 0.05) is 25.3 Å². The molecule has 1 unspecified atom stereocenters. The zero-order valence-corrected chi connectivity index (χ0v) is 14.9. The van der Waals surface area contributed by atoms with E-state index in [4.69, 9.17) is 11.6 Å². The van der Waals surface area contributed by atoms with Crippen LogP contribution in [0, 0.1) is 0 Å². The Labute approximate surface area is 133 Å². The molecule has 1 atom stereocenters. The van der Waals surface area contributed by atoms with Gasteiger partial charge in [0.05, 0.1) is 22.2 Å². The van der Waals surface area contributed by atoms with Gasteiger partial charge >= 0.3 is 0 Å². The fourth-order valence-electron chi connectivity index (χ4n) is 2.35. The minimum Gasteiger partial charge on any atom is -0.313 e. The van der Waals surface area contributed by atoms with E-state index in [2.05, 4.69) is 17.3 Å². The van der Waals surface area contributed by atoms with E-state index < -0.39 is 9.84 Å². The molecule has 0 saturated carbocycles. The minimum atomic E-state index is -3.04. The summed E-state index contributed by atoms with van der Waals surface area (Å²) >= 11 is 6.40. The normalized spacial score (nSPS) is 13.6. The molecule has 122 valence electrons. The number of aryl methyl sites for hydroxylation is 2. The van der Waals surface area contributed by atoms with Crippen LogP contribution in [0.4, 0.5) is 0 Å². The third kappa shape index (κ3) is 5.60. The van der Waals surface area contributed by atoms with Gasteiger partial charge in [-0.2, -0.15) is 5.10 Å². The second-order valence-corrected chi connectivity index (χ2v) is 7.89. The van der Waals surface area contributed by atoms with Gasteiger partial charge in [0.25, 0.3) is 0 Å².